The van der Waals surface area contributed by atoms with Crippen LogP contribution in [0.4, 0.5) is 0 Å². The third-order valence-corrected chi connectivity index (χ3v) is 3.79. The first-order chi connectivity index (χ1) is 9.31. The second kappa shape index (κ2) is 7.62. The predicted molar refractivity (Wildman–Crippen MR) is 78.5 cm³/mol. The highest BCUT2D eigenvalue weighted by atomic mass is 16.4. The van der Waals surface area contributed by atoms with Crippen LogP contribution in [-0.4, -0.2) is 59.0 Å². The molecule has 1 N–H and O–H groups in total. The van der Waals surface area contributed by atoms with Gasteiger partial charge in [0.25, 0.3) is 0 Å². The van der Waals surface area contributed by atoms with Crippen molar-refractivity contribution in [3.63, 3.8) is 0 Å². The molecule has 1 atom stereocenters. The molecular formula is C15H28N2O3. The number of nitrogens with zero attached hydrogens (tertiary/aromatic N) is 2. The van der Waals surface area contributed by atoms with Crippen molar-refractivity contribution >= 4 is 11.9 Å². The Labute approximate surface area is 121 Å². The van der Waals surface area contributed by atoms with Crippen LogP contribution >= 0.6 is 0 Å². The van der Waals surface area contributed by atoms with Crippen LogP contribution in [-0.2, 0) is 9.59 Å². The van der Waals surface area contributed by atoms with Crippen LogP contribution in [0.2, 0.25) is 0 Å². The van der Waals surface area contributed by atoms with E-state index in [1.807, 2.05) is 0 Å². The van der Waals surface area contributed by atoms with E-state index in [1.165, 1.54) is 0 Å². The summed E-state index contributed by atoms with van der Waals surface area (Å²) in [4.78, 5) is 27.3. The van der Waals surface area contributed by atoms with E-state index in [4.69, 9.17) is 5.11 Å². The molecule has 0 aliphatic carbocycles. The molecule has 1 rings (SSSR count). The Morgan fingerprint density at radius 3 is 2.45 bits per heavy atom. The summed E-state index contributed by atoms with van der Waals surface area (Å²) in [6.07, 6.45) is 1.47. The topological polar surface area (TPSA) is 60.9 Å². The first kappa shape index (κ1) is 17.0. The van der Waals surface area contributed by atoms with Crippen LogP contribution in [0.1, 0.15) is 40.5 Å². The smallest absolute Gasteiger partial charge is 0.308 e. The lowest BCUT2D eigenvalue weighted by Crippen LogP contribution is -2.48. The number of rotatable bonds is 6. The van der Waals surface area contributed by atoms with Gasteiger partial charge in [-0.1, -0.05) is 13.8 Å². The SMILES string of the molecule is CC(C)CN(CC(=O)N1CCCC(C(=O)O)C1)C(C)C. The minimum atomic E-state index is -0.787. The van der Waals surface area contributed by atoms with Gasteiger partial charge in [-0.3, -0.25) is 14.5 Å². The largest absolute Gasteiger partial charge is 0.481 e. The van der Waals surface area contributed by atoms with Crippen LogP contribution in [0.5, 0.6) is 0 Å². The maximum absolute atomic E-state index is 12.4. The highest BCUT2D eigenvalue weighted by Gasteiger charge is 2.29. The molecule has 20 heavy (non-hydrogen) atoms. The summed E-state index contributed by atoms with van der Waals surface area (Å²) in [6.45, 7) is 10.8. The van der Waals surface area contributed by atoms with Crippen LogP contribution in [0.3, 0.4) is 0 Å². The monoisotopic (exact) mass is 284 g/mol. The normalized spacial score (nSPS) is 19.9. The summed E-state index contributed by atoms with van der Waals surface area (Å²) < 4.78 is 0. The van der Waals surface area contributed by atoms with Crippen molar-refractivity contribution in [2.45, 2.75) is 46.6 Å². The van der Waals surface area contributed by atoms with E-state index in [9.17, 15) is 9.59 Å². The van der Waals surface area contributed by atoms with E-state index in [1.54, 1.807) is 4.90 Å². The van der Waals surface area contributed by atoms with Gasteiger partial charge in [-0.25, -0.2) is 0 Å². The molecule has 1 amide bonds. The number of likely N-dealkylation sites (tertiary alicyclic amines) is 1. The molecule has 1 unspecified atom stereocenters. The first-order valence-corrected chi connectivity index (χ1v) is 7.55. The Morgan fingerprint density at radius 1 is 1.30 bits per heavy atom. The van der Waals surface area contributed by atoms with E-state index in [2.05, 4.69) is 32.6 Å². The molecule has 1 aliphatic rings. The summed E-state index contributed by atoms with van der Waals surface area (Å²) in [5.41, 5.74) is 0. The third kappa shape index (κ3) is 5.12. The molecule has 0 spiro atoms. The highest BCUT2D eigenvalue weighted by Crippen LogP contribution is 2.17. The Balaban J connectivity index is 2.57. The first-order valence-electron chi connectivity index (χ1n) is 7.55. The molecule has 1 heterocycles. The van der Waals surface area contributed by atoms with Crippen molar-refractivity contribution in [1.82, 2.24) is 9.80 Å². The Hall–Kier alpha value is -1.10. The quantitative estimate of drug-likeness (QED) is 0.806. The number of amides is 1. The minimum Gasteiger partial charge on any atom is -0.481 e. The number of hydrogen-bond donors (Lipinski definition) is 1. The average molecular weight is 284 g/mol. The summed E-state index contributed by atoms with van der Waals surface area (Å²) in [5, 5.41) is 9.08. The van der Waals surface area contributed by atoms with Gasteiger partial charge in [0.05, 0.1) is 12.5 Å². The van der Waals surface area contributed by atoms with Gasteiger partial charge in [-0.2, -0.15) is 0 Å². The van der Waals surface area contributed by atoms with Crippen molar-refractivity contribution in [2.24, 2.45) is 11.8 Å². The molecule has 0 aromatic rings. The molecule has 116 valence electrons. The van der Waals surface area contributed by atoms with Gasteiger partial charge >= 0.3 is 5.97 Å². The van der Waals surface area contributed by atoms with Crippen molar-refractivity contribution in [2.75, 3.05) is 26.2 Å². The number of carboxylic acids is 1. The Morgan fingerprint density at radius 2 is 1.95 bits per heavy atom. The lowest BCUT2D eigenvalue weighted by Gasteiger charge is -2.34. The summed E-state index contributed by atoms with van der Waals surface area (Å²) in [6, 6.07) is 0.321. The molecule has 1 fully saturated rings. The molecule has 1 aliphatic heterocycles. The molecule has 5 heteroatoms. The molecule has 0 radical (unpaired) electrons. The fraction of sp³-hybridized carbons (Fsp3) is 0.867. The molecule has 0 saturated carbocycles. The molecule has 0 bridgehead atoms. The maximum Gasteiger partial charge on any atom is 0.308 e. The van der Waals surface area contributed by atoms with Crippen molar-refractivity contribution in [1.29, 1.82) is 0 Å². The fourth-order valence-electron chi connectivity index (χ4n) is 2.61. The number of carbonyl (C=O) groups excluding carboxylic acids is 1. The predicted octanol–water partition coefficient (Wildman–Crippen LogP) is 1.68. The van der Waals surface area contributed by atoms with Gasteiger partial charge in [-0.15, -0.1) is 0 Å². The zero-order valence-electron chi connectivity index (χ0n) is 13.1. The number of piperidine rings is 1. The zero-order valence-corrected chi connectivity index (χ0v) is 13.1. The highest BCUT2D eigenvalue weighted by molar-refractivity contribution is 5.79. The number of carboxylic acid groups (broad SMARTS) is 1. The molecular weight excluding hydrogens is 256 g/mol. The standard InChI is InChI=1S/C15H28N2O3/c1-11(2)8-17(12(3)4)10-14(18)16-7-5-6-13(9-16)15(19)20/h11-13H,5-10H2,1-4H3,(H,19,20). The van der Waals surface area contributed by atoms with Crippen LogP contribution in [0, 0.1) is 11.8 Å². The Bertz CT molecular complexity index is 342. The van der Waals surface area contributed by atoms with Crippen molar-refractivity contribution in [3.8, 4) is 0 Å². The lowest BCUT2D eigenvalue weighted by molar-refractivity contribution is -0.146. The van der Waals surface area contributed by atoms with Gasteiger partial charge in [0.15, 0.2) is 0 Å². The van der Waals surface area contributed by atoms with Crippen LogP contribution < -0.4 is 0 Å². The van der Waals surface area contributed by atoms with E-state index in [0.717, 1.165) is 13.0 Å². The van der Waals surface area contributed by atoms with Crippen LogP contribution in [0.25, 0.3) is 0 Å². The van der Waals surface area contributed by atoms with Gasteiger partial charge in [0.2, 0.25) is 5.91 Å². The second-order valence-electron chi connectivity index (χ2n) is 6.43. The number of carbonyl (C=O) groups is 2. The lowest BCUT2D eigenvalue weighted by atomic mass is 9.98. The Kier molecular flexibility index (Phi) is 6.46. The van der Waals surface area contributed by atoms with E-state index in [-0.39, 0.29) is 5.91 Å². The number of hydrogen-bond acceptors (Lipinski definition) is 3. The molecule has 0 aromatic carbocycles. The van der Waals surface area contributed by atoms with Gasteiger partial charge < -0.3 is 10.0 Å². The molecule has 0 aromatic heterocycles. The summed E-state index contributed by atoms with van der Waals surface area (Å²) in [5.74, 6) is -0.612. The summed E-state index contributed by atoms with van der Waals surface area (Å²) >= 11 is 0. The van der Waals surface area contributed by atoms with E-state index in [0.29, 0.717) is 38.0 Å². The van der Waals surface area contributed by atoms with Gasteiger partial charge in [-0.05, 0) is 32.6 Å². The van der Waals surface area contributed by atoms with Crippen molar-refractivity contribution < 1.29 is 14.7 Å². The maximum atomic E-state index is 12.4. The van der Waals surface area contributed by atoms with Crippen molar-refractivity contribution in [3.05, 3.63) is 0 Å². The second-order valence-corrected chi connectivity index (χ2v) is 6.43. The molecule has 5 nitrogen and oxygen atoms in total. The molecule has 1 saturated heterocycles. The third-order valence-electron chi connectivity index (χ3n) is 3.79. The van der Waals surface area contributed by atoms with Gasteiger partial charge in [0, 0.05) is 25.7 Å². The zero-order chi connectivity index (χ0) is 15.3. The minimum absolute atomic E-state index is 0.0605. The van der Waals surface area contributed by atoms with E-state index < -0.39 is 11.9 Å². The average Bonchev–Trinajstić information content (AvgIpc) is 2.37. The van der Waals surface area contributed by atoms with Crippen LogP contribution in [0.15, 0.2) is 0 Å². The number of aliphatic carboxylic acids is 1. The fourth-order valence-corrected chi connectivity index (χ4v) is 2.61. The summed E-state index contributed by atoms with van der Waals surface area (Å²) in [7, 11) is 0. The van der Waals surface area contributed by atoms with E-state index >= 15 is 0 Å². The van der Waals surface area contributed by atoms with Gasteiger partial charge in [0.1, 0.15) is 0 Å².